The fourth-order valence-corrected chi connectivity index (χ4v) is 1.23. The molecule has 1 aliphatic heterocycles. The highest BCUT2D eigenvalue weighted by atomic mass is 16.3. The van der Waals surface area contributed by atoms with Crippen LogP contribution in [0.5, 0.6) is 17.2 Å². The van der Waals surface area contributed by atoms with E-state index in [1.165, 1.54) is 12.1 Å². The van der Waals surface area contributed by atoms with Crippen molar-refractivity contribution in [3.63, 3.8) is 0 Å². The first kappa shape index (κ1) is 7.24. The monoisotopic (exact) mass is 167 g/mol. The van der Waals surface area contributed by atoms with Crippen LogP contribution in [0.4, 0.5) is 0 Å². The molecule has 1 aromatic carbocycles. The van der Waals surface area contributed by atoms with Gasteiger partial charge in [0.05, 0.1) is 11.6 Å². The van der Waals surface area contributed by atoms with Crippen molar-refractivity contribution in [3.8, 4) is 17.2 Å². The van der Waals surface area contributed by atoms with Crippen LogP contribution in [0.15, 0.2) is 12.1 Å². The van der Waals surface area contributed by atoms with Gasteiger partial charge in [-0.2, -0.15) is 0 Å². The van der Waals surface area contributed by atoms with Crippen molar-refractivity contribution in [1.82, 2.24) is 5.32 Å². The highest BCUT2D eigenvalue weighted by Gasteiger charge is 2.28. The predicted molar refractivity (Wildman–Crippen MR) is 42.2 cm³/mol. The Bertz CT molecular complexity index is 297. The standard InChI is InChI=1S/C8H9NO3/c10-4-1-6(11)8(5-3-9-5)7(12)2-4/h1-2,5,9-12H,3H2/t5-/m1/s1. The van der Waals surface area contributed by atoms with E-state index in [4.69, 9.17) is 5.11 Å². The lowest BCUT2D eigenvalue weighted by molar-refractivity contribution is 0.419. The molecule has 1 atom stereocenters. The van der Waals surface area contributed by atoms with Crippen LogP contribution in [-0.2, 0) is 0 Å². The minimum Gasteiger partial charge on any atom is -0.508 e. The summed E-state index contributed by atoms with van der Waals surface area (Å²) >= 11 is 0. The van der Waals surface area contributed by atoms with Crippen LogP contribution in [0, 0.1) is 0 Å². The van der Waals surface area contributed by atoms with Gasteiger partial charge in [-0.15, -0.1) is 0 Å². The van der Waals surface area contributed by atoms with E-state index in [2.05, 4.69) is 5.32 Å². The maximum atomic E-state index is 9.32. The Morgan fingerprint density at radius 1 is 1.17 bits per heavy atom. The Balaban J connectivity index is 2.51. The zero-order valence-corrected chi connectivity index (χ0v) is 6.28. The van der Waals surface area contributed by atoms with E-state index in [0.29, 0.717) is 5.56 Å². The summed E-state index contributed by atoms with van der Waals surface area (Å²) in [6.07, 6.45) is 0. The van der Waals surface area contributed by atoms with E-state index in [1.54, 1.807) is 0 Å². The fraction of sp³-hybridized carbons (Fsp3) is 0.250. The molecule has 64 valence electrons. The number of phenolic OH excluding ortho intramolecular Hbond substituents is 3. The van der Waals surface area contributed by atoms with Crippen LogP contribution in [0.25, 0.3) is 0 Å². The van der Waals surface area contributed by atoms with Crippen molar-refractivity contribution in [2.24, 2.45) is 0 Å². The summed E-state index contributed by atoms with van der Waals surface area (Å²) < 4.78 is 0. The largest absolute Gasteiger partial charge is 0.508 e. The molecular weight excluding hydrogens is 158 g/mol. The summed E-state index contributed by atoms with van der Waals surface area (Å²) in [7, 11) is 0. The zero-order chi connectivity index (χ0) is 8.72. The van der Waals surface area contributed by atoms with Crippen molar-refractivity contribution in [2.75, 3.05) is 6.54 Å². The van der Waals surface area contributed by atoms with Gasteiger partial charge in [-0.25, -0.2) is 0 Å². The second-order valence-electron chi connectivity index (χ2n) is 2.86. The highest BCUT2D eigenvalue weighted by Crippen LogP contribution is 2.39. The van der Waals surface area contributed by atoms with Crippen molar-refractivity contribution in [2.45, 2.75) is 6.04 Å². The smallest absolute Gasteiger partial charge is 0.127 e. The molecular formula is C8H9NO3. The average Bonchev–Trinajstić information content (AvgIpc) is 2.68. The molecule has 1 aliphatic rings. The topological polar surface area (TPSA) is 82.6 Å². The lowest BCUT2D eigenvalue weighted by atomic mass is 10.1. The first-order valence-electron chi connectivity index (χ1n) is 3.66. The summed E-state index contributed by atoms with van der Waals surface area (Å²) in [5, 5.41) is 30.6. The van der Waals surface area contributed by atoms with Crippen LogP contribution >= 0.6 is 0 Å². The third kappa shape index (κ3) is 1.06. The van der Waals surface area contributed by atoms with Gasteiger partial charge in [0, 0.05) is 18.7 Å². The van der Waals surface area contributed by atoms with Crippen LogP contribution in [0.1, 0.15) is 11.6 Å². The van der Waals surface area contributed by atoms with E-state index < -0.39 is 0 Å². The molecule has 0 bridgehead atoms. The summed E-state index contributed by atoms with van der Waals surface area (Å²) in [4.78, 5) is 0. The predicted octanol–water partition coefficient (Wildman–Crippen LogP) is 0.448. The molecule has 0 amide bonds. The first-order chi connectivity index (χ1) is 5.68. The van der Waals surface area contributed by atoms with Crippen molar-refractivity contribution in [3.05, 3.63) is 17.7 Å². The Morgan fingerprint density at radius 3 is 2.08 bits per heavy atom. The summed E-state index contributed by atoms with van der Waals surface area (Å²) in [6, 6.07) is 2.47. The van der Waals surface area contributed by atoms with E-state index in [9.17, 15) is 10.2 Å². The molecule has 1 heterocycles. The average molecular weight is 167 g/mol. The summed E-state index contributed by atoms with van der Waals surface area (Å²) in [5.74, 6) is -0.264. The highest BCUT2D eigenvalue weighted by molar-refractivity contribution is 5.51. The molecule has 2 rings (SSSR count). The fourth-order valence-electron chi connectivity index (χ4n) is 1.23. The quantitative estimate of drug-likeness (QED) is 0.457. The molecule has 4 heteroatoms. The third-order valence-electron chi connectivity index (χ3n) is 1.88. The van der Waals surface area contributed by atoms with Crippen molar-refractivity contribution in [1.29, 1.82) is 0 Å². The lowest BCUT2D eigenvalue weighted by Gasteiger charge is -2.04. The molecule has 0 unspecified atom stereocenters. The molecule has 1 saturated heterocycles. The summed E-state index contributed by atoms with van der Waals surface area (Å²) in [5.41, 5.74) is 0.466. The zero-order valence-electron chi connectivity index (χ0n) is 6.28. The molecule has 0 aliphatic carbocycles. The normalized spacial score (nSPS) is 20.8. The maximum absolute atomic E-state index is 9.32. The van der Waals surface area contributed by atoms with Crippen LogP contribution in [0.2, 0.25) is 0 Å². The SMILES string of the molecule is Oc1cc(O)c([C@H]2CN2)c(O)c1. The molecule has 1 fully saturated rings. The first-order valence-corrected chi connectivity index (χ1v) is 3.66. The lowest BCUT2D eigenvalue weighted by Crippen LogP contribution is -1.86. The number of hydrogen-bond donors (Lipinski definition) is 4. The number of phenols is 3. The molecule has 0 saturated carbocycles. The van der Waals surface area contributed by atoms with Gasteiger partial charge in [0.1, 0.15) is 17.2 Å². The van der Waals surface area contributed by atoms with E-state index in [1.807, 2.05) is 0 Å². The minimum absolute atomic E-state index is 0.0330. The van der Waals surface area contributed by atoms with Gasteiger partial charge in [0.15, 0.2) is 0 Å². The second kappa shape index (κ2) is 2.28. The van der Waals surface area contributed by atoms with Gasteiger partial charge in [0.25, 0.3) is 0 Å². The molecule has 1 aromatic rings. The van der Waals surface area contributed by atoms with Gasteiger partial charge in [-0.3, -0.25) is 0 Å². The molecule has 4 nitrogen and oxygen atoms in total. The molecule has 0 radical (unpaired) electrons. The molecule has 4 N–H and O–H groups in total. The van der Waals surface area contributed by atoms with Gasteiger partial charge in [-0.1, -0.05) is 0 Å². The number of nitrogens with one attached hydrogen (secondary N) is 1. The van der Waals surface area contributed by atoms with E-state index >= 15 is 0 Å². The van der Waals surface area contributed by atoms with E-state index in [0.717, 1.165) is 6.54 Å². The minimum atomic E-state index is -0.130. The third-order valence-corrected chi connectivity index (χ3v) is 1.88. The van der Waals surface area contributed by atoms with Crippen LogP contribution in [0.3, 0.4) is 0 Å². The van der Waals surface area contributed by atoms with Gasteiger partial charge >= 0.3 is 0 Å². The number of hydrogen-bond acceptors (Lipinski definition) is 4. The van der Waals surface area contributed by atoms with Gasteiger partial charge < -0.3 is 20.6 Å². The number of rotatable bonds is 1. The Labute approximate surface area is 69.1 Å². The Hall–Kier alpha value is -1.42. The molecule has 0 spiro atoms. The van der Waals surface area contributed by atoms with Gasteiger partial charge in [0.2, 0.25) is 0 Å². The molecule has 12 heavy (non-hydrogen) atoms. The Kier molecular flexibility index (Phi) is 1.38. The maximum Gasteiger partial charge on any atom is 0.127 e. The second-order valence-corrected chi connectivity index (χ2v) is 2.86. The number of benzene rings is 1. The van der Waals surface area contributed by atoms with Gasteiger partial charge in [-0.05, 0) is 0 Å². The van der Waals surface area contributed by atoms with Crippen molar-refractivity contribution >= 4 is 0 Å². The number of aromatic hydroxyl groups is 3. The Morgan fingerprint density at radius 2 is 1.67 bits per heavy atom. The molecule has 0 aromatic heterocycles. The van der Waals surface area contributed by atoms with Crippen LogP contribution < -0.4 is 5.32 Å². The van der Waals surface area contributed by atoms with Crippen molar-refractivity contribution < 1.29 is 15.3 Å². The van der Waals surface area contributed by atoms with Crippen LogP contribution in [-0.4, -0.2) is 21.9 Å². The summed E-state index contributed by atoms with van der Waals surface area (Å²) in [6.45, 7) is 0.756. The van der Waals surface area contributed by atoms with E-state index in [-0.39, 0.29) is 23.3 Å².